The van der Waals surface area contributed by atoms with Crippen molar-refractivity contribution in [2.24, 2.45) is 5.92 Å². The molecule has 1 atom stereocenters. The number of carbonyl (C=O) groups is 1. The molecule has 0 spiro atoms. The Bertz CT molecular complexity index is 388. The second kappa shape index (κ2) is 7.17. The zero-order valence-electron chi connectivity index (χ0n) is 11.4. The Morgan fingerprint density at radius 3 is 2.56 bits per heavy atom. The third-order valence-electron chi connectivity index (χ3n) is 3.23. The lowest BCUT2D eigenvalue weighted by molar-refractivity contribution is -0.122. The highest BCUT2D eigenvalue weighted by molar-refractivity contribution is 5.76. The summed E-state index contributed by atoms with van der Waals surface area (Å²) in [6.45, 7) is 6.02. The second-order valence-electron chi connectivity index (χ2n) is 5.03. The monoisotopic (exact) mass is 249 g/mol. The maximum absolute atomic E-state index is 11.8. The number of amides is 1. The SMILES string of the molecule is Cc1ccccc1CCC(=O)NC(CO)C(C)C. The molecule has 18 heavy (non-hydrogen) atoms. The van der Waals surface area contributed by atoms with Crippen LogP contribution in [0.15, 0.2) is 24.3 Å². The zero-order valence-corrected chi connectivity index (χ0v) is 11.4. The maximum atomic E-state index is 11.8. The highest BCUT2D eigenvalue weighted by Gasteiger charge is 2.14. The Balaban J connectivity index is 2.44. The number of aliphatic hydroxyl groups is 1. The first-order valence-electron chi connectivity index (χ1n) is 6.49. The van der Waals surface area contributed by atoms with Crippen LogP contribution in [0, 0.1) is 12.8 Å². The van der Waals surface area contributed by atoms with Gasteiger partial charge in [-0.3, -0.25) is 4.79 Å². The third kappa shape index (κ3) is 4.49. The first-order chi connectivity index (χ1) is 8.54. The average Bonchev–Trinajstić information content (AvgIpc) is 2.34. The Labute approximate surface area is 109 Å². The topological polar surface area (TPSA) is 49.3 Å². The first-order valence-corrected chi connectivity index (χ1v) is 6.49. The van der Waals surface area contributed by atoms with E-state index in [1.807, 2.05) is 26.0 Å². The van der Waals surface area contributed by atoms with E-state index in [2.05, 4.69) is 24.4 Å². The van der Waals surface area contributed by atoms with Gasteiger partial charge >= 0.3 is 0 Å². The molecule has 3 heteroatoms. The lowest BCUT2D eigenvalue weighted by Gasteiger charge is -2.19. The molecule has 2 N–H and O–H groups in total. The highest BCUT2D eigenvalue weighted by Crippen LogP contribution is 2.09. The van der Waals surface area contributed by atoms with Crippen LogP contribution >= 0.6 is 0 Å². The van der Waals surface area contributed by atoms with Crippen molar-refractivity contribution >= 4 is 5.91 Å². The van der Waals surface area contributed by atoms with Crippen LogP contribution in [0.1, 0.15) is 31.4 Å². The number of benzene rings is 1. The second-order valence-corrected chi connectivity index (χ2v) is 5.03. The summed E-state index contributed by atoms with van der Waals surface area (Å²) in [5.74, 6) is 0.253. The van der Waals surface area contributed by atoms with E-state index in [0.29, 0.717) is 6.42 Å². The predicted octanol–water partition coefficient (Wildman–Crippen LogP) is 2.06. The van der Waals surface area contributed by atoms with Gasteiger partial charge in [0, 0.05) is 6.42 Å². The van der Waals surface area contributed by atoms with Gasteiger partial charge in [-0.2, -0.15) is 0 Å². The summed E-state index contributed by atoms with van der Waals surface area (Å²) in [5, 5.41) is 12.0. The lowest BCUT2D eigenvalue weighted by Crippen LogP contribution is -2.41. The van der Waals surface area contributed by atoms with Crippen LogP contribution in [0.5, 0.6) is 0 Å². The molecular weight excluding hydrogens is 226 g/mol. The molecule has 0 aliphatic heterocycles. The molecule has 0 heterocycles. The number of hydrogen-bond acceptors (Lipinski definition) is 2. The summed E-state index contributed by atoms with van der Waals surface area (Å²) in [5.41, 5.74) is 2.42. The van der Waals surface area contributed by atoms with Gasteiger partial charge in [0.25, 0.3) is 0 Å². The van der Waals surface area contributed by atoms with Crippen LogP contribution < -0.4 is 5.32 Å². The lowest BCUT2D eigenvalue weighted by atomic mass is 10.0. The summed E-state index contributed by atoms with van der Waals surface area (Å²) < 4.78 is 0. The molecule has 1 unspecified atom stereocenters. The minimum Gasteiger partial charge on any atom is -0.394 e. The molecule has 0 saturated carbocycles. The van der Waals surface area contributed by atoms with E-state index in [9.17, 15) is 4.79 Å². The molecule has 0 aliphatic rings. The van der Waals surface area contributed by atoms with Crippen molar-refractivity contribution in [1.29, 1.82) is 0 Å². The molecule has 1 aromatic rings. The molecule has 1 aromatic carbocycles. The molecule has 0 fully saturated rings. The minimum absolute atomic E-state index is 0.00556. The number of nitrogens with one attached hydrogen (secondary N) is 1. The minimum atomic E-state index is -0.144. The number of aryl methyl sites for hydroxylation is 2. The maximum Gasteiger partial charge on any atom is 0.220 e. The van der Waals surface area contributed by atoms with Crippen LogP contribution in [0.4, 0.5) is 0 Å². The number of aliphatic hydroxyl groups excluding tert-OH is 1. The molecule has 1 amide bonds. The summed E-state index contributed by atoms with van der Waals surface area (Å²) in [6.07, 6.45) is 1.21. The highest BCUT2D eigenvalue weighted by atomic mass is 16.3. The van der Waals surface area contributed by atoms with Gasteiger partial charge in [0.15, 0.2) is 0 Å². The molecule has 0 aliphatic carbocycles. The van der Waals surface area contributed by atoms with Crippen LogP contribution in [0.3, 0.4) is 0 Å². The Morgan fingerprint density at radius 1 is 1.33 bits per heavy atom. The molecule has 0 radical (unpaired) electrons. The van der Waals surface area contributed by atoms with Crippen molar-refractivity contribution in [1.82, 2.24) is 5.32 Å². The van der Waals surface area contributed by atoms with Crippen molar-refractivity contribution in [2.75, 3.05) is 6.61 Å². The van der Waals surface area contributed by atoms with Crippen molar-refractivity contribution in [3.05, 3.63) is 35.4 Å². The van der Waals surface area contributed by atoms with Crippen molar-refractivity contribution in [3.63, 3.8) is 0 Å². The van der Waals surface area contributed by atoms with E-state index in [1.165, 1.54) is 11.1 Å². The van der Waals surface area contributed by atoms with Crippen LogP contribution in [-0.2, 0) is 11.2 Å². The fraction of sp³-hybridized carbons (Fsp3) is 0.533. The van der Waals surface area contributed by atoms with E-state index < -0.39 is 0 Å². The molecular formula is C15H23NO2. The molecule has 100 valence electrons. The van der Waals surface area contributed by atoms with Gasteiger partial charge < -0.3 is 10.4 Å². The summed E-state index contributed by atoms with van der Waals surface area (Å²) in [4.78, 5) is 11.8. The number of hydrogen-bond donors (Lipinski definition) is 2. The van der Waals surface area contributed by atoms with Gasteiger partial charge in [-0.15, -0.1) is 0 Å². The number of rotatable bonds is 6. The van der Waals surface area contributed by atoms with Gasteiger partial charge in [-0.25, -0.2) is 0 Å². The smallest absolute Gasteiger partial charge is 0.220 e. The molecule has 3 nitrogen and oxygen atoms in total. The molecule has 0 saturated heterocycles. The van der Waals surface area contributed by atoms with E-state index in [0.717, 1.165) is 6.42 Å². The van der Waals surface area contributed by atoms with E-state index in [-0.39, 0.29) is 24.5 Å². The van der Waals surface area contributed by atoms with E-state index >= 15 is 0 Å². The van der Waals surface area contributed by atoms with Crippen molar-refractivity contribution in [2.45, 2.75) is 39.7 Å². The van der Waals surface area contributed by atoms with Crippen LogP contribution in [0.25, 0.3) is 0 Å². The quantitative estimate of drug-likeness (QED) is 0.810. The van der Waals surface area contributed by atoms with Gasteiger partial charge in [-0.05, 0) is 30.4 Å². The van der Waals surface area contributed by atoms with E-state index in [4.69, 9.17) is 5.11 Å². The zero-order chi connectivity index (χ0) is 13.5. The predicted molar refractivity (Wildman–Crippen MR) is 73.4 cm³/mol. The van der Waals surface area contributed by atoms with Gasteiger partial charge in [-0.1, -0.05) is 38.1 Å². The van der Waals surface area contributed by atoms with Gasteiger partial charge in [0.1, 0.15) is 0 Å². The van der Waals surface area contributed by atoms with Gasteiger partial charge in [0.2, 0.25) is 5.91 Å². The molecule has 0 bridgehead atoms. The van der Waals surface area contributed by atoms with Crippen LogP contribution in [0.2, 0.25) is 0 Å². The summed E-state index contributed by atoms with van der Waals surface area (Å²) in [7, 11) is 0. The Morgan fingerprint density at radius 2 is 2.00 bits per heavy atom. The number of carbonyl (C=O) groups excluding carboxylic acids is 1. The summed E-state index contributed by atoms with van der Waals surface area (Å²) >= 11 is 0. The first kappa shape index (κ1) is 14.7. The summed E-state index contributed by atoms with van der Waals surface area (Å²) in [6, 6.07) is 7.95. The normalized spacial score (nSPS) is 12.5. The Kier molecular flexibility index (Phi) is 5.86. The third-order valence-corrected chi connectivity index (χ3v) is 3.23. The standard InChI is InChI=1S/C15H23NO2/c1-11(2)14(10-17)16-15(18)9-8-13-7-5-4-6-12(13)3/h4-7,11,14,17H,8-10H2,1-3H3,(H,16,18). The largest absolute Gasteiger partial charge is 0.394 e. The molecule has 1 rings (SSSR count). The van der Waals surface area contributed by atoms with E-state index in [1.54, 1.807) is 0 Å². The van der Waals surface area contributed by atoms with Crippen molar-refractivity contribution < 1.29 is 9.90 Å². The molecule has 0 aromatic heterocycles. The fourth-order valence-corrected chi connectivity index (χ4v) is 1.84. The van der Waals surface area contributed by atoms with Crippen LogP contribution in [-0.4, -0.2) is 23.7 Å². The van der Waals surface area contributed by atoms with Gasteiger partial charge in [0.05, 0.1) is 12.6 Å². The van der Waals surface area contributed by atoms with Crippen molar-refractivity contribution in [3.8, 4) is 0 Å². The average molecular weight is 249 g/mol. The fourth-order valence-electron chi connectivity index (χ4n) is 1.84. The Hall–Kier alpha value is -1.35.